The molecule has 80 valence electrons. The summed E-state index contributed by atoms with van der Waals surface area (Å²) in [5.41, 5.74) is 1.87. The standard InChI is InChI=1S/C10H16O3S/c1-8(2)5-10(11)6-9-3-4-14(12,13)7-9/h3,5,10-11H,4,6-7H2,1-2H3. The number of aliphatic hydroxyl groups excluding tert-OH is 1. The number of hydrogen-bond donors (Lipinski definition) is 1. The highest BCUT2D eigenvalue weighted by molar-refractivity contribution is 7.92. The van der Waals surface area contributed by atoms with Crippen molar-refractivity contribution in [3.63, 3.8) is 0 Å². The third-order valence-electron chi connectivity index (χ3n) is 2.03. The Morgan fingerprint density at radius 1 is 1.64 bits per heavy atom. The van der Waals surface area contributed by atoms with Gasteiger partial charge in [0.2, 0.25) is 0 Å². The first-order valence-corrected chi connectivity index (χ1v) is 6.42. The summed E-state index contributed by atoms with van der Waals surface area (Å²) in [4.78, 5) is 0. The van der Waals surface area contributed by atoms with Gasteiger partial charge < -0.3 is 5.11 Å². The molecule has 0 radical (unpaired) electrons. The van der Waals surface area contributed by atoms with Gasteiger partial charge in [-0.05, 0) is 20.3 Å². The second-order valence-corrected chi connectivity index (χ2v) is 6.04. The summed E-state index contributed by atoms with van der Waals surface area (Å²) < 4.78 is 22.2. The maximum absolute atomic E-state index is 11.1. The van der Waals surface area contributed by atoms with E-state index in [0.29, 0.717) is 6.42 Å². The Kier molecular flexibility index (Phi) is 3.50. The molecule has 1 heterocycles. The van der Waals surface area contributed by atoms with E-state index in [1.807, 2.05) is 13.8 Å². The number of allylic oxidation sites excluding steroid dienone is 1. The molecule has 14 heavy (non-hydrogen) atoms. The molecular weight excluding hydrogens is 200 g/mol. The van der Waals surface area contributed by atoms with Gasteiger partial charge in [-0.15, -0.1) is 0 Å². The van der Waals surface area contributed by atoms with Gasteiger partial charge in [-0.2, -0.15) is 0 Å². The number of rotatable bonds is 3. The largest absolute Gasteiger partial charge is 0.389 e. The summed E-state index contributed by atoms with van der Waals surface area (Å²) in [7, 11) is -2.89. The van der Waals surface area contributed by atoms with Gasteiger partial charge in [-0.25, -0.2) is 8.42 Å². The van der Waals surface area contributed by atoms with Crippen molar-refractivity contribution in [3.8, 4) is 0 Å². The van der Waals surface area contributed by atoms with E-state index >= 15 is 0 Å². The van der Waals surface area contributed by atoms with E-state index in [4.69, 9.17) is 0 Å². The predicted octanol–water partition coefficient (Wildman–Crippen LogP) is 1.06. The number of sulfone groups is 1. The molecule has 0 bridgehead atoms. The molecule has 0 spiro atoms. The van der Waals surface area contributed by atoms with Gasteiger partial charge >= 0.3 is 0 Å². The van der Waals surface area contributed by atoms with Crippen LogP contribution in [0.5, 0.6) is 0 Å². The van der Waals surface area contributed by atoms with Gasteiger partial charge in [0.25, 0.3) is 0 Å². The van der Waals surface area contributed by atoms with Gasteiger partial charge in [-0.1, -0.05) is 23.3 Å². The van der Waals surface area contributed by atoms with Crippen LogP contribution in [0, 0.1) is 0 Å². The van der Waals surface area contributed by atoms with Crippen LogP contribution >= 0.6 is 0 Å². The van der Waals surface area contributed by atoms with Crippen molar-refractivity contribution >= 4 is 9.84 Å². The third kappa shape index (κ3) is 3.64. The summed E-state index contributed by atoms with van der Waals surface area (Å²) in [5, 5.41) is 9.54. The zero-order chi connectivity index (χ0) is 10.8. The van der Waals surface area contributed by atoms with Gasteiger partial charge in [0.15, 0.2) is 9.84 Å². The molecule has 1 atom stereocenters. The van der Waals surface area contributed by atoms with Crippen LogP contribution in [0.2, 0.25) is 0 Å². The molecule has 1 aliphatic rings. The van der Waals surface area contributed by atoms with E-state index < -0.39 is 15.9 Å². The highest BCUT2D eigenvalue weighted by atomic mass is 32.2. The Hall–Kier alpha value is -0.610. The first-order chi connectivity index (χ1) is 6.39. The van der Waals surface area contributed by atoms with Crippen molar-refractivity contribution in [2.45, 2.75) is 26.4 Å². The summed E-state index contributed by atoms with van der Waals surface area (Å²) in [6.45, 7) is 3.81. The summed E-state index contributed by atoms with van der Waals surface area (Å²) >= 11 is 0. The van der Waals surface area contributed by atoms with Crippen LogP contribution in [0.15, 0.2) is 23.3 Å². The average Bonchev–Trinajstić information content (AvgIpc) is 2.27. The van der Waals surface area contributed by atoms with E-state index in [-0.39, 0.29) is 11.5 Å². The summed E-state index contributed by atoms with van der Waals surface area (Å²) in [6.07, 6.45) is 3.33. The predicted molar refractivity (Wildman–Crippen MR) is 56.8 cm³/mol. The molecule has 0 aromatic heterocycles. The van der Waals surface area contributed by atoms with Crippen molar-refractivity contribution in [1.82, 2.24) is 0 Å². The van der Waals surface area contributed by atoms with Gasteiger partial charge in [-0.3, -0.25) is 0 Å². The van der Waals surface area contributed by atoms with Gasteiger partial charge in [0, 0.05) is 0 Å². The Balaban J connectivity index is 2.52. The smallest absolute Gasteiger partial charge is 0.157 e. The molecule has 0 aromatic carbocycles. The number of aliphatic hydroxyl groups is 1. The molecule has 0 aliphatic carbocycles. The van der Waals surface area contributed by atoms with E-state index in [0.717, 1.165) is 11.1 Å². The van der Waals surface area contributed by atoms with Crippen LogP contribution in [0.25, 0.3) is 0 Å². The minimum atomic E-state index is -2.89. The average molecular weight is 216 g/mol. The highest BCUT2D eigenvalue weighted by Crippen LogP contribution is 2.17. The maximum atomic E-state index is 11.1. The lowest BCUT2D eigenvalue weighted by Gasteiger charge is -2.06. The maximum Gasteiger partial charge on any atom is 0.157 e. The molecule has 4 heteroatoms. The topological polar surface area (TPSA) is 54.4 Å². The fourth-order valence-corrected chi connectivity index (χ4v) is 2.91. The van der Waals surface area contributed by atoms with E-state index in [1.54, 1.807) is 12.2 Å². The van der Waals surface area contributed by atoms with Crippen LogP contribution in [-0.2, 0) is 9.84 Å². The highest BCUT2D eigenvalue weighted by Gasteiger charge is 2.20. The fraction of sp³-hybridized carbons (Fsp3) is 0.600. The second-order valence-electron chi connectivity index (χ2n) is 3.93. The molecule has 1 rings (SSSR count). The SMILES string of the molecule is CC(C)=CC(O)CC1=CCS(=O)(=O)C1. The Labute approximate surface area is 85.1 Å². The van der Waals surface area contributed by atoms with Gasteiger partial charge in [0.05, 0.1) is 17.6 Å². The van der Waals surface area contributed by atoms with Crippen LogP contribution in [-0.4, -0.2) is 31.1 Å². The quantitative estimate of drug-likeness (QED) is 0.718. The molecule has 0 saturated carbocycles. The van der Waals surface area contributed by atoms with Crippen LogP contribution in [0.1, 0.15) is 20.3 Å². The molecular formula is C10H16O3S. The first kappa shape index (κ1) is 11.5. The van der Waals surface area contributed by atoms with E-state index in [1.165, 1.54) is 0 Å². The number of hydrogen-bond acceptors (Lipinski definition) is 3. The zero-order valence-corrected chi connectivity index (χ0v) is 9.34. The second kappa shape index (κ2) is 4.28. The molecule has 1 N–H and O–H groups in total. The van der Waals surface area contributed by atoms with E-state index in [2.05, 4.69) is 0 Å². The van der Waals surface area contributed by atoms with Crippen LogP contribution in [0.3, 0.4) is 0 Å². The summed E-state index contributed by atoms with van der Waals surface area (Å²) in [5.74, 6) is 0.241. The fourth-order valence-electron chi connectivity index (χ4n) is 1.50. The molecule has 0 fully saturated rings. The molecule has 1 aliphatic heterocycles. The Bertz CT molecular complexity index is 359. The van der Waals surface area contributed by atoms with Gasteiger partial charge in [0.1, 0.15) is 0 Å². The van der Waals surface area contributed by atoms with Crippen molar-refractivity contribution in [3.05, 3.63) is 23.3 Å². The van der Waals surface area contributed by atoms with Crippen molar-refractivity contribution < 1.29 is 13.5 Å². The summed E-state index contributed by atoms with van der Waals surface area (Å²) in [6, 6.07) is 0. The van der Waals surface area contributed by atoms with Crippen molar-refractivity contribution in [2.24, 2.45) is 0 Å². The minimum absolute atomic E-state index is 0.112. The lowest BCUT2D eigenvalue weighted by atomic mass is 10.1. The van der Waals surface area contributed by atoms with Crippen molar-refractivity contribution in [2.75, 3.05) is 11.5 Å². The molecule has 0 aromatic rings. The van der Waals surface area contributed by atoms with E-state index in [9.17, 15) is 13.5 Å². The van der Waals surface area contributed by atoms with Crippen LogP contribution in [0.4, 0.5) is 0 Å². The molecule has 0 amide bonds. The monoisotopic (exact) mass is 216 g/mol. The molecule has 1 unspecified atom stereocenters. The lowest BCUT2D eigenvalue weighted by Crippen LogP contribution is -2.08. The third-order valence-corrected chi connectivity index (χ3v) is 3.51. The van der Waals surface area contributed by atoms with Crippen molar-refractivity contribution in [1.29, 1.82) is 0 Å². The van der Waals surface area contributed by atoms with Crippen LogP contribution < -0.4 is 0 Å². The lowest BCUT2D eigenvalue weighted by molar-refractivity contribution is 0.223. The Morgan fingerprint density at radius 3 is 2.71 bits per heavy atom. The zero-order valence-electron chi connectivity index (χ0n) is 8.53. The minimum Gasteiger partial charge on any atom is -0.389 e. The Morgan fingerprint density at radius 2 is 2.29 bits per heavy atom. The molecule has 3 nitrogen and oxygen atoms in total. The molecule has 0 saturated heterocycles. The first-order valence-electron chi connectivity index (χ1n) is 4.60. The normalized spacial score (nSPS) is 21.5.